The first-order valence-corrected chi connectivity index (χ1v) is 11.6. The number of thiazole rings is 1. The summed E-state index contributed by atoms with van der Waals surface area (Å²) in [6.07, 6.45) is -0.0229. The Morgan fingerprint density at radius 3 is 2.57 bits per heavy atom. The van der Waals surface area contributed by atoms with E-state index < -0.39 is 23.8 Å². The van der Waals surface area contributed by atoms with E-state index >= 15 is 0 Å². The molecule has 2 aromatic heterocycles. The van der Waals surface area contributed by atoms with Crippen molar-refractivity contribution in [3.05, 3.63) is 58.8 Å². The SMILES string of the molecule is CCCN(C(=O)c1cc(OCCNc2ccncc2)cc(Cl)c1OC(=O)C(F)(F)F)c1nccs1. The first kappa shape index (κ1) is 26.2. The number of halogens is 4. The van der Waals surface area contributed by atoms with Gasteiger partial charge in [-0.15, -0.1) is 11.3 Å². The highest BCUT2D eigenvalue weighted by Crippen LogP contribution is 2.37. The van der Waals surface area contributed by atoms with E-state index in [2.05, 4.69) is 20.0 Å². The van der Waals surface area contributed by atoms with Crippen LogP contribution in [-0.2, 0) is 4.79 Å². The van der Waals surface area contributed by atoms with Gasteiger partial charge >= 0.3 is 12.1 Å². The molecule has 1 amide bonds. The van der Waals surface area contributed by atoms with Crippen LogP contribution in [0.3, 0.4) is 0 Å². The molecule has 0 unspecified atom stereocenters. The Morgan fingerprint density at radius 1 is 1.20 bits per heavy atom. The van der Waals surface area contributed by atoms with Gasteiger partial charge in [0.2, 0.25) is 0 Å². The maximum atomic E-state index is 13.4. The molecule has 35 heavy (non-hydrogen) atoms. The zero-order chi connectivity index (χ0) is 25.4. The molecule has 0 aliphatic carbocycles. The second-order valence-corrected chi connectivity index (χ2v) is 8.23. The van der Waals surface area contributed by atoms with Crippen LogP contribution < -0.4 is 19.7 Å². The molecule has 0 saturated carbocycles. The fourth-order valence-electron chi connectivity index (χ4n) is 2.90. The Labute approximate surface area is 207 Å². The molecule has 0 fully saturated rings. The fraction of sp³-hybridized carbons (Fsp3) is 0.273. The smallest absolute Gasteiger partial charge is 0.491 e. The molecule has 2 heterocycles. The lowest BCUT2D eigenvalue weighted by atomic mass is 10.1. The number of anilines is 2. The molecule has 186 valence electrons. The van der Waals surface area contributed by atoms with E-state index in [0.29, 0.717) is 18.1 Å². The summed E-state index contributed by atoms with van der Waals surface area (Å²) in [6.45, 7) is 2.55. The number of nitrogens with zero attached hydrogens (tertiary/aromatic N) is 3. The number of hydrogen-bond donors (Lipinski definition) is 1. The van der Waals surface area contributed by atoms with Gasteiger partial charge in [0.25, 0.3) is 5.91 Å². The number of pyridine rings is 1. The van der Waals surface area contributed by atoms with Crippen LogP contribution in [0.5, 0.6) is 11.5 Å². The summed E-state index contributed by atoms with van der Waals surface area (Å²) >= 11 is 7.33. The number of benzene rings is 1. The number of carbonyl (C=O) groups excluding carboxylic acids is 2. The van der Waals surface area contributed by atoms with Crippen molar-refractivity contribution in [1.82, 2.24) is 9.97 Å². The molecular weight excluding hydrogens is 509 g/mol. The summed E-state index contributed by atoms with van der Waals surface area (Å²) in [5.74, 6) is -3.84. The van der Waals surface area contributed by atoms with E-state index in [1.54, 1.807) is 29.9 Å². The van der Waals surface area contributed by atoms with E-state index in [4.69, 9.17) is 16.3 Å². The number of amides is 1. The topological polar surface area (TPSA) is 93.6 Å². The van der Waals surface area contributed by atoms with Crippen LogP contribution in [-0.4, -0.2) is 47.7 Å². The van der Waals surface area contributed by atoms with Crippen molar-refractivity contribution in [2.45, 2.75) is 19.5 Å². The van der Waals surface area contributed by atoms with Crippen LogP contribution in [0.4, 0.5) is 24.0 Å². The van der Waals surface area contributed by atoms with Crippen molar-refractivity contribution in [3.8, 4) is 11.5 Å². The van der Waals surface area contributed by atoms with E-state index in [9.17, 15) is 22.8 Å². The standard InChI is InChI=1S/C22H20ClF3N4O4S/c1-2-9-30(21-29-8-11-35-21)19(31)16-12-15(33-10-7-28-14-3-5-27-6-4-14)13-17(23)18(16)34-20(32)22(24,25)26/h3-6,8,11-13H,2,7,9-10H2,1H3,(H,27,28). The van der Waals surface area contributed by atoms with Gasteiger partial charge in [-0.05, 0) is 24.6 Å². The van der Waals surface area contributed by atoms with Crippen molar-refractivity contribution in [1.29, 1.82) is 0 Å². The highest BCUT2D eigenvalue weighted by Gasteiger charge is 2.42. The number of hydrogen-bond acceptors (Lipinski definition) is 8. The molecule has 0 radical (unpaired) electrons. The first-order chi connectivity index (χ1) is 16.7. The number of ether oxygens (including phenoxy) is 2. The largest absolute Gasteiger partial charge is 0.492 e. The Balaban J connectivity index is 1.88. The predicted octanol–water partition coefficient (Wildman–Crippen LogP) is 5.21. The molecule has 0 aliphatic heterocycles. The van der Waals surface area contributed by atoms with Gasteiger partial charge in [0.1, 0.15) is 12.4 Å². The highest BCUT2D eigenvalue weighted by atomic mass is 35.5. The number of carbonyl (C=O) groups is 2. The summed E-state index contributed by atoms with van der Waals surface area (Å²) in [4.78, 5) is 34.2. The van der Waals surface area contributed by atoms with Crippen LogP contribution in [0, 0.1) is 0 Å². The second kappa shape index (κ2) is 11.8. The molecule has 13 heteroatoms. The summed E-state index contributed by atoms with van der Waals surface area (Å²) in [5, 5.41) is 4.69. The molecule has 1 N–H and O–H groups in total. The Bertz CT molecular complexity index is 1150. The van der Waals surface area contributed by atoms with Gasteiger partial charge in [-0.25, -0.2) is 9.78 Å². The number of alkyl halides is 3. The number of esters is 1. The maximum absolute atomic E-state index is 13.4. The summed E-state index contributed by atoms with van der Waals surface area (Å²) in [6, 6.07) is 5.89. The van der Waals surface area contributed by atoms with Crippen LogP contribution in [0.15, 0.2) is 48.2 Å². The lowest BCUT2D eigenvalue weighted by molar-refractivity contribution is -0.189. The highest BCUT2D eigenvalue weighted by molar-refractivity contribution is 7.13. The van der Waals surface area contributed by atoms with Crippen molar-refractivity contribution in [2.24, 2.45) is 0 Å². The monoisotopic (exact) mass is 528 g/mol. The fourth-order valence-corrected chi connectivity index (χ4v) is 3.82. The van der Waals surface area contributed by atoms with E-state index in [0.717, 1.165) is 5.69 Å². The van der Waals surface area contributed by atoms with Gasteiger partial charge in [0.05, 0.1) is 10.6 Å². The van der Waals surface area contributed by atoms with Crippen molar-refractivity contribution >= 4 is 45.6 Å². The van der Waals surface area contributed by atoms with E-state index in [1.807, 2.05) is 6.92 Å². The number of rotatable bonds is 10. The molecule has 1 aromatic carbocycles. The Kier molecular flexibility index (Phi) is 8.88. The molecule has 0 bridgehead atoms. The molecule has 0 saturated heterocycles. The number of aromatic nitrogens is 2. The van der Waals surface area contributed by atoms with Gasteiger partial charge in [-0.3, -0.25) is 14.7 Å². The third-order valence-corrected chi connectivity index (χ3v) is 5.47. The number of nitrogens with one attached hydrogen (secondary N) is 1. The Morgan fingerprint density at radius 2 is 1.94 bits per heavy atom. The molecular formula is C22H20ClF3N4O4S. The zero-order valence-electron chi connectivity index (χ0n) is 18.3. The van der Waals surface area contributed by atoms with Gasteiger partial charge in [-0.1, -0.05) is 18.5 Å². The third-order valence-electron chi connectivity index (χ3n) is 4.40. The van der Waals surface area contributed by atoms with Crippen molar-refractivity contribution < 1.29 is 32.2 Å². The lowest BCUT2D eigenvalue weighted by Crippen LogP contribution is -2.33. The van der Waals surface area contributed by atoms with Crippen LogP contribution in [0.1, 0.15) is 23.7 Å². The van der Waals surface area contributed by atoms with Gasteiger partial charge in [-0.2, -0.15) is 13.2 Å². The predicted molar refractivity (Wildman–Crippen MR) is 125 cm³/mol. The third kappa shape index (κ3) is 7.06. The van der Waals surface area contributed by atoms with Crippen molar-refractivity contribution in [2.75, 3.05) is 29.9 Å². The lowest BCUT2D eigenvalue weighted by Gasteiger charge is -2.22. The minimum Gasteiger partial charge on any atom is -0.492 e. The normalized spacial score (nSPS) is 11.1. The minimum absolute atomic E-state index is 0.109. The Hall–Kier alpha value is -3.38. The minimum atomic E-state index is -5.28. The quantitative estimate of drug-likeness (QED) is 0.219. The first-order valence-electron chi connectivity index (χ1n) is 10.3. The molecule has 3 aromatic rings. The van der Waals surface area contributed by atoms with E-state index in [-0.39, 0.29) is 29.5 Å². The van der Waals surface area contributed by atoms with Crippen LogP contribution in [0.2, 0.25) is 5.02 Å². The molecule has 3 rings (SSSR count). The average Bonchev–Trinajstić information content (AvgIpc) is 3.36. The van der Waals surface area contributed by atoms with E-state index in [1.165, 1.54) is 34.6 Å². The zero-order valence-corrected chi connectivity index (χ0v) is 19.9. The van der Waals surface area contributed by atoms with Gasteiger partial charge in [0, 0.05) is 48.8 Å². The molecule has 0 aliphatic rings. The summed E-state index contributed by atoms with van der Waals surface area (Å²) < 4.78 is 48.8. The summed E-state index contributed by atoms with van der Waals surface area (Å²) in [5.41, 5.74) is 0.446. The average molecular weight is 529 g/mol. The van der Waals surface area contributed by atoms with Gasteiger partial charge in [0.15, 0.2) is 10.9 Å². The maximum Gasteiger partial charge on any atom is 0.491 e. The molecule has 0 spiro atoms. The van der Waals surface area contributed by atoms with Crippen molar-refractivity contribution in [3.63, 3.8) is 0 Å². The van der Waals surface area contributed by atoms with Gasteiger partial charge < -0.3 is 14.8 Å². The van der Waals surface area contributed by atoms with Crippen LogP contribution in [0.25, 0.3) is 0 Å². The second-order valence-electron chi connectivity index (χ2n) is 6.95. The molecule has 8 nitrogen and oxygen atoms in total. The molecule has 0 atom stereocenters. The summed E-state index contributed by atoms with van der Waals surface area (Å²) in [7, 11) is 0. The van der Waals surface area contributed by atoms with Crippen LogP contribution >= 0.6 is 22.9 Å².